The summed E-state index contributed by atoms with van der Waals surface area (Å²) in [6, 6.07) is 10.5. The molecule has 3 aromatic carbocycles. The molecule has 0 heterocycles. The molecule has 0 aliphatic carbocycles. The van der Waals surface area contributed by atoms with Gasteiger partial charge in [0.15, 0.2) is 34.5 Å². The van der Waals surface area contributed by atoms with Gasteiger partial charge in [0, 0.05) is 0 Å². The molecular weight excluding hydrogens is 743 g/mol. The molecule has 324 valence electrons. The minimum absolute atomic E-state index is 0.138. The monoisotopic (exact) mass is 812 g/mol. The van der Waals surface area contributed by atoms with Crippen LogP contribution in [0, 0.1) is 0 Å². The van der Waals surface area contributed by atoms with Crippen molar-refractivity contribution in [2.75, 3.05) is 0 Å². The van der Waals surface area contributed by atoms with E-state index < -0.39 is 7.32 Å². The third-order valence-corrected chi connectivity index (χ3v) is 7.00. The first-order valence-corrected chi connectivity index (χ1v) is 20.7. The van der Waals surface area contributed by atoms with E-state index in [9.17, 15) is 0 Å². The molecule has 0 atom stereocenters. The van der Waals surface area contributed by atoms with Crippen molar-refractivity contribution in [1.82, 2.24) is 0 Å². The number of rotatable bonds is 24. The second-order valence-electron chi connectivity index (χ2n) is 16.3. The molecule has 58 heavy (non-hydrogen) atoms. The minimum atomic E-state index is -1.50. The highest BCUT2D eigenvalue weighted by Gasteiger charge is 2.38. The molecule has 0 amide bonds. The summed E-state index contributed by atoms with van der Waals surface area (Å²) in [5.74, 6) is 4.36. The van der Waals surface area contributed by atoms with Crippen molar-refractivity contribution < 1.29 is 56.6 Å². The predicted octanol–water partition coefficient (Wildman–Crippen LogP) is 11.3. The standard InChI is InChI=1S/C45H69BO12/c1-25(2)47-34-19-22-37(43(53-31(13)14)40(34)50-28(7)8)56-46(57-38-23-20-35(48-26(3)4)41(51-29(9)10)44(38)54-32(15)16)58-39-24-21-36(49-27(5)6)42(52-30(11)12)45(39)55-33(17)18/h19-33H,1-18H3. The van der Waals surface area contributed by atoms with Crippen LogP contribution in [0.5, 0.6) is 69.0 Å². The van der Waals surface area contributed by atoms with Gasteiger partial charge in [-0.3, -0.25) is 0 Å². The Morgan fingerprint density at radius 2 is 0.397 bits per heavy atom. The van der Waals surface area contributed by atoms with Crippen LogP contribution in [0.3, 0.4) is 0 Å². The van der Waals surface area contributed by atoms with Crippen molar-refractivity contribution in [3.8, 4) is 69.0 Å². The maximum Gasteiger partial charge on any atom is 0.864 e. The zero-order valence-corrected chi connectivity index (χ0v) is 38.1. The van der Waals surface area contributed by atoms with Gasteiger partial charge in [-0.05, 0) is 161 Å². The molecule has 0 N–H and O–H groups in total. The van der Waals surface area contributed by atoms with Gasteiger partial charge in [0.1, 0.15) is 0 Å². The molecule has 0 unspecified atom stereocenters. The fourth-order valence-corrected chi connectivity index (χ4v) is 5.37. The number of ether oxygens (including phenoxy) is 9. The van der Waals surface area contributed by atoms with Crippen LogP contribution in [-0.4, -0.2) is 62.3 Å². The van der Waals surface area contributed by atoms with Gasteiger partial charge in [-0.15, -0.1) is 0 Å². The van der Waals surface area contributed by atoms with Crippen molar-refractivity contribution in [2.24, 2.45) is 0 Å². The molecule has 0 aliphatic heterocycles. The van der Waals surface area contributed by atoms with Crippen LogP contribution in [0.15, 0.2) is 36.4 Å². The third kappa shape index (κ3) is 14.6. The van der Waals surface area contributed by atoms with Crippen molar-refractivity contribution in [3.05, 3.63) is 36.4 Å². The molecule has 0 fully saturated rings. The van der Waals surface area contributed by atoms with E-state index in [1.165, 1.54) is 0 Å². The van der Waals surface area contributed by atoms with E-state index in [2.05, 4.69) is 0 Å². The second-order valence-corrected chi connectivity index (χ2v) is 16.3. The first-order valence-electron chi connectivity index (χ1n) is 20.7. The lowest BCUT2D eigenvalue weighted by molar-refractivity contribution is 0.166. The fraction of sp³-hybridized carbons (Fsp3) is 0.600. The summed E-state index contributed by atoms with van der Waals surface area (Å²) >= 11 is 0. The summed E-state index contributed by atoms with van der Waals surface area (Å²) in [6.07, 6.45) is -1.86. The van der Waals surface area contributed by atoms with Gasteiger partial charge in [-0.1, -0.05) is 0 Å². The first-order chi connectivity index (χ1) is 27.1. The third-order valence-electron chi connectivity index (χ3n) is 7.00. The van der Waals surface area contributed by atoms with E-state index in [0.717, 1.165) is 0 Å². The van der Waals surface area contributed by atoms with E-state index in [4.69, 9.17) is 56.6 Å². The van der Waals surface area contributed by atoms with Gasteiger partial charge in [0.05, 0.1) is 54.9 Å². The summed E-state index contributed by atoms with van der Waals surface area (Å²) in [5, 5.41) is 0. The van der Waals surface area contributed by atoms with Gasteiger partial charge in [-0.2, -0.15) is 0 Å². The Morgan fingerprint density at radius 1 is 0.241 bits per heavy atom. The minimum Gasteiger partial charge on any atom is -0.487 e. The lowest BCUT2D eigenvalue weighted by Gasteiger charge is -2.27. The van der Waals surface area contributed by atoms with Crippen molar-refractivity contribution >= 4 is 7.32 Å². The summed E-state index contributed by atoms with van der Waals surface area (Å²) in [7, 11) is -1.50. The molecule has 0 saturated carbocycles. The zero-order valence-electron chi connectivity index (χ0n) is 38.1. The van der Waals surface area contributed by atoms with Crippen LogP contribution in [0.25, 0.3) is 0 Å². The van der Waals surface area contributed by atoms with Gasteiger partial charge in [-0.25, -0.2) is 0 Å². The van der Waals surface area contributed by atoms with Crippen LogP contribution >= 0.6 is 0 Å². The van der Waals surface area contributed by atoms with Gasteiger partial charge < -0.3 is 56.6 Å². The van der Waals surface area contributed by atoms with E-state index >= 15 is 0 Å². The average Bonchev–Trinajstić information content (AvgIpc) is 3.07. The lowest BCUT2D eigenvalue weighted by Crippen LogP contribution is -2.37. The quantitative estimate of drug-likeness (QED) is 0.0803. The molecule has 0 bridgehead atoms. The van der Waals surface area contributed by atoms with Crippen LogP contribution in [0.1, 0.15) is 125 Å². The number of benzene rings is 3. The Balaban J connectivity index is 2.39. The summed E-state index contributed by atoms with van der Waals surface area (Å²) in [4.78, 5) is 0. The summed E-state index contributed by atoms with van der Waals surface area (Å²) in [5.41, 5.74) is 0. The molecule has 0 aromatic heterocycles. The van der Waals surface area contributed by atoms with Crippen LogP contribution < -0.4 is 56.6 Å². The Bertz CT molecular complexity index is 1520. The Morgan fingerprint density at radius 3 is 0.569 bits per heavy atom. The van der Waals surface area contributed by atoms with E-state index in [1.54, 1.807) is 36.4 Å². The molecular formula is C45H69BO12. The Labute approximate surface area is 348 Å². The molecule has 12 nitrogen and oxygen atoms in total. The molecule has 3 rings (SSSR count). The van der Waals surface area contributed by atoms with E-state index in [-0.39, 0.29) is 72.2 Å². The van der Waals surface area contributed by atoms with E-state index in [0.29, 0.717) is 51.7 Å². The normalized spacial score (nSPS) is 11.6. The largest absolute Gasteiger partial charge is 0.864 e. The first kappa shape index (κ1) is 47.7. The van der Waals surface area contributed by atoms with Crippen LogP contribution in [0.2, 0.25) is 0 Å². The highest BCUT2D eigenvalue weighted by Crippen LogP contribution is 2.50. The Hall–Kier alpha value is -4.68. The molecule has 0 saturated heterocycles. The fourth-order valence-electron chi connectivity index (χ4n) is 5.37. The topological polar surface area (TPSA) is 111 Å². The zero-order chi connectivity index (χ0) is 43.4. The van der Waals surface area contributed by atoms with Crippen LogP contribution in [-0.2, 0) is 0 Å². The predicted molar refractivity (Wildman–Crippen MR) is 229 cm³/mol. The Kier molecular flexibility index (Phi) is 18.0. The highest BCUT2D eigenvalue weighted by atomic mass is 16.7. The smallest absolute Gasteiger partial charge is 0.487 e. The SMILES string of the molecule is CC(C)Oc1ccc(OB(Oc2ccc(OC(C)C)c(OC(C)C)c2OC(C)C)Oc2ccc(OC(C)C)c(OC(C)C)c2OC(C)C)c(OC(C)C)c1OC(C)C. The van der Waals surface area contributed by atoms with E-state index in [1.807, 2.05) is 125 Å². The lowest BCUT2D eigenvalue weighted by atomic mass is 10.1. The second kappa shape index (κ2) is 21.9. The maximum absolute atomic E-state index is 6.73. The van der Waals surface area contributed by atoms with Crippen molar-refractivity contribution in [3.63, 3.8) is 0 Å². The molecule has 0 spiro atoms. The maximum atomic E-state index is 6.73. The van der Waals surface area contributed by atoms with Gasteiger partial charge in [0.25, 0.3) is 0 Å². The number of hydrogen-bond donors (Lipinski definition) is 0. The molecule has 3 aromatic rings. The van der Waals surface area contributed by atoms with Crippen molar-refractivity contribution in [2.45, 2.75) is 180 Å². The van der Waals surface area contributed by atoms with Gasteiger partial charge >= 0.3 is 7.32 Å². The molecule has 0 aliphatic rings. The average molecular weight is 813 g/mol. The molecule has 0 radical (unpaired) electrons. The summed E-state index contributed by atoms with van der Waals surface area (Å²) in [6.45, 7) is 34.8. The summed E-state index contributed by atoms with van der Waals surface area (Å²) < 4.78 is 77.0. The van der Waals surface area contributed by atoms with Crippen LogP contribution in [0.4, 0.5) is 0 Å². The van der Waals surface area contributed by atoms with Crippen molar-refractivity contribution in [1.29, 1.82) is 0 Å². The number of hydrogen-bond acceptors (Lipinski definition) is 12. The molecule has 13 heteroatoms. The highest BCUT2D eigenvalue weighted by molar-refractivity contribution is 6.40. The van der Waals surface area contributed by atoms with Gasteiger partial charge in [0.2, 0.25) is 34.5 Å².